The van der Waals surface area contributed by atoms with Gasteiger partial charge in [0, 0.05) is 16.0 Å². The predicted molar refractivity (Wildman–Crippen MR) is 68.4 cm³/mol. The zero-order valence-corrected chi connectivity index (χ0v) is 11.0. The summed E-state index contributed by atoms with van der Waals surface area (Å²) in [4.78, 5) is 11.2. The summed E-state index contributed by atoms with van der Waals surface area (Å²) in [5.41, 5.74) is 0.851. The molecule has 0 fully saturated rings. The predicted octanol–water partition coefficient (Wildman–Crippen LogP) is 2.17. The fourth-order valence-electron chi connectivity index (χ4n) is 1.66. The smallest absolute Gasteiger partial charge is 0.350 e. The van der Waals surface area contributed by atoms with Crippen LogP contribution in [0.2, 0.25) is 5.02 Å². The third-order valence-electron chi connectivity index (χ3n) is 2.45. The Kier molecular flexibility index (Phi) is 3.28. The topological polar surface area (TPSA) is 60.4 Å². The number of benzene rings is 1. The molecule has 0 atom stereocenters. The Morgan fingerprint density at radius 2 is 2.06 bits per heavy atom. The molecule has 0 unspecified atom stereocenters. The summed E-state index contributed by atoms with van der Waals surface area (Å²) in [6, 6.07) is 6.61. The maximum absolute atomic E-state index is 11.8. The molecular formula is C12H9ClO4S. The van der Waals surface area contributed by atoms with Gasteiger partial charge in [0.15, 0.2) is 4.91 Å². The van der Waals surface area contributed by atoms with Crippen molar-refractivity contribution < 1.29 is 17.9 Å². The van der Waals surface area contributed by atoms with Crippen molar-refractivity contribution in [2.45, 2.75) is 0 Å². The second-order valence-electron chi connectivity index (χ2n) is 3.59. The van der Waals surface area contributed by atoms with E-state index >= 15 is 0 Å². The third kappa shape index (κ3) is 2.19. The lowest BCUT2D eigenvalue weighted by Gasteiger charge is -2.05. The Balaban J connectivity index is 2.67. The Morgan fingerprint density at radius 1 is 1.33 bits per heavy atom. The third-order valence-corrected chi connectivity index (χ3v) is 4.13. The summed E-state index contributed by atoms with van der Waals surface area (Å²) in [7, 11) is -2.59. The average Bonchev–Trinajstić information content (AvgIpc) is 2.64. The van der Waals surface area contributed by atoms with Crippen LogP contribution in [0.25, 0.3) is 5.57 Å². The molecule has 0 bridgehead atoms. The number of carbonyl (C=O) groups is 1. The highest BCUT2D eigenvalue weighted by molar-refractivity contribution is 7.99. The van der Waals surface area contributed by atoms with E-state index in [2.05, 4.69) is 4.74 Å². The normalized spacial score (nSPS) is 17.0. The average molecular weight is 285 g/mol. The van der Waals surface area contributed by atoms with Gasteiger partial charge in [0.2, 0.25) is 9.84 Å². The molecule has 1 aliphatic rings. The molecule has 1 aromatic rings. The Bertz CT molecular complexity index is 671. The second-order valence-corrected chi connectivity index (χ2v) is 5.80. The number of carbonyl (C=O) groups excluding carboxylic acids is 1. The molecule has 1 heterocycles. The van der Waals surface area contributed by atoms with Gasteiger partial charge in [-0.1, -0.05) is 23.7 Å². The lowest BCUT2D eigenvalue weighted by molar-refractivity contribution is -0.135. The van der Waals surface area contributed by atoms with Gasteiger partial charge in [0.1, 0.15) is 0 Å². The van der Waals surface area contributed by atoms with Crippen LogP contribution in [0.5, 0.6) is 0 Å². The SMILES string of the molecule is COC(=O)C1=C(c2cccc(Cl)c2)C=CS1(=O)=O. The first-order valence-electron chi connectivity index (χ1n) is 4.97. The zero-order valence-electron chi connectivity index (χ0n) is 9.38. The standard InChI is InChI=1S/C12H9ClO4S/c1-17-12(14)11-10(5-6-18(11,15)16)8-3-2-4-9(13)7-8/h2-7H,1H3. The van der Waals surface area contributed by atoms with Gasteiger partial charge >= 0.3 is 5.97 Å². The number of methoxy groups -OCH3 is 1. The Morgan fingerprint density at radius 3 is 2.67 bits per heavy atom. The quantitative estimate of drug-likeness (QED) is 0.781. The molecule has 1 aromatic carbocycles. The summed E-state index contributed by atoms with van der Waals surface area (Å²) in [6.45, 7) is 0. The number of ether oxygens (including phenoxy) is 1. The number of esters is 1. The first-order valence-corrected chi connectivity index (χ1v) is 6.90. The second kappa shape index (κ2) is 4.59. The van der Waals surface area contributed by atoms with E-state index in [4.69, 9.17) is 11.6 Å². The van der Waals surface area contributed by atoms with Crippen LogP contribution >= 0.6 is 11.6 Å². The monoisotopic (exact) mass is 284 g/mol. The van der Waals surface area contributed by atoms with Crippen molar-refractivity contribution >= 4 is 33.0 Å². The largest absolute Gasteiger partial charge is 0.465 e. The highest BCUT2D eigenvalue weighted by Gasteiger charge is 2.32. The van der Waals surface area contributed by atoms with Crippen LogP contribution in [0.1, 0.15) is 5.56 Å². The van der Waals surface area contributed by atoms with Crippen LogP contribution in [0.3, 0.4) is 0 Å². The molecule has 0 saturated heterocycles. The first kappa shape index (κ1) is 12.9. The van der Waals surface area contributed by atoms with Crippen molar-refractivity contribution in [1.29, 1.82) is 0 Å². The minimum absolute atomic E-state index is 0.296. The van der Waals surface area contributed by atoms with Gasteiger partial charge in [0.05, 0.1) is 7.11 Å². The fourth-order valence-corrected chi connectivity index (χ4v) is 3.11. The highest BCUT2D eigenvalue weighted by atomic mass is 35.5. The van der Waals surface area contributed by atoms with E-state index in [-0.39, 0.29) is 4.91 Å². The summed E-state index contributed by atoms with van der Waals surface area (Å²) in [5, 5.41) is 1.44. The number of hydrogen-bond acceptors (Lipinski definition) is 4. The maximum Gasteiger partial charge on any atom is 0.350 e. The van der Waals surface area contributed by atoms with Crippen LogP contribution in [0.4, 0.5) is 0 Å². The maximum atomic E-state index is 11.8. The lowest BCUT2D eigenvalue weighted by atomic mass is 10.1. The zero-order chi connectivity index (χ0) is 13.3. The van der Waals surface area contributed by atoms with Crippen LogP contribution in [0.15, 0.2) is 40.7 Å². The van der Waals surface area contributed by atoms with Gasteiger partial charge in [-0.2, -0.15) is 0 Å². The molecule has 0 spiro atoms. The summed E-state index contributed by atoms with van der Waals surface area (Å²) in [5.74, 6) is -0.880. The molecule has 18 heavy (non-hydrogen) atoms. The van der Waals surface area contributed by atoms with E-state index in [1.807, 2.05) is 0 Å². The van der Waals surface area contributed by atoms with Gasteiger partial charge in [-0.25, -0.2) is 13.2 Å². The minimum atomic E-state index is -3.73. The van der Waals surface area contributed by atoms with Gasteiger partial charge < -0.3 is 4.74 Å². The number of allylic oxidation sites excluding steroid dienone is 2. The first-order chi connectivity index (χ1) is 8.45. The van der Waals surface area contributed by atoms with Crippen molar-refractivity contribution in [3.8, 4) is 0 Å². The molecule has 0 aliphatic carbocycles. The molecule has 0 saturated carbocycles. The molecule has 0 N–H and O–H groups in total. The van der Waals surface area contributed by atoms with E-state index in [0.717, 1.165) is 12.5 Å². The minimum Gasteiger partial charge on any atom is -0.465 e. The van der Waals surface area contributed by atoms with Gasteiger partial charge in [-0.3, -0.25) is 0 Å². The van der Waals surface area contributed by atoms with E-state index < -0.39 is 15.8 Å². The van der Waals surface area contributed by atoms with Gasteiger partial charge in [0.25, 0.3) is 0 Å². The van der Waals surface area contributed by atoms with Crippen molar-refractivity contribution in [1.82, 2.24) is 0 Å². The number of halogens is 1. The molecule has 0 aromatic heterocycles. The molecule has 94 valence electrons. The summed E-state index contributed by atoms with van der Waals surface area (Å²) < 4.78 is 28.0. The highest BCUT2D eigenvalue weighted by Crippen LogP contribution is 2.32. The Labute approximate surface area is 109 Å². The van der Waals surface area contributed by atoms with E-state index in [9.17, 15) is 13.2 Å². The van der Waals surface area contributed by atoms with E-state index in [1.54, 1.807) is 24.3 Å². The van der Waals surface area contributed by atoms with Crippen LogP contribution < -0.4 is 0 Å². The van der Waals surface area contributed by atoms with Crippen LogP contribution in [-0.2, 0) is 19.4 Å². The van der Waals surface area contributed by atoms with Crippen molar-refractivity contribution in [2.75, 3.05) is 7.11 Å². The molecule has 0 radical (unpaired) electrons. The molecule has 2 rings (SSSR count). The summed E-state index contributed by atoms with van der Waals surface area (Å²) in [6.07, 6.45) is 1.37. The van der Waals surface area contributed by atoms with Crippen LogP contribution in [0, 0.1) is 0 Å². The lowest BCUT2D eigenvalue weighted by Crippen LogP contribution is -2.12. The molecule has 0 amide bonds. The number of hydrogen-bond donors (Lipinski definition) is 0. The summed E-state index contributed by atoms with van der Waals surface area (Å²) >= 11 is 5.84. The van der Waals surface area contributed by atoms with E-state index in [0.29, 0.717) is 16.2 Å². The molecule has 1 aliphatic heterocycles. The molecular weight excluding hydrogens is 276 g/mol. The fraction of sp³-hybridized carbons (Fsp3) is 0.0833. The van der Waals surface area contributed by atoms with Crippen molar-refractivity contribution in [2.24, 2.45) is 0 Å². The number of sulfone groups is 1. The van der Waals surface area contributed by atoms with E-state index in [1.165, 1.54) is 6.08 Å². The van der Waals surface area contributed by atoms with Crippen LogP contribution in [-0.4, -0.2) is 21.5 Å². The molecule has 6 heteroatoms. The Hall–Kier alpha value is -1.59. The molecule has 4 nitrogen and oxygen atoms in total. The van der Waals surface area contributed by atoms with Crippen molar-refractivity contribution in [3.05, 3.63) is 51.2 Å². The number of rotatable bonds is 2. The van der Waals surface area contributed by atoms with Gasteiger partial charge in [-0.05, 0) is 23.8 Å². The van der Waals surface area contributed by atoms with Crippen molar-refractivity contribution in [3.63, 3.8) is 0 Å². The van der Waals surface area contributed by atoms with Gasteiger partial charge in [-0.15, -0.1) is 0 Å².